The lowest BCUT2D eigenvalue weighted by molar-refractivity contribution is -0.136. The van der Waals surface area contributed by atoms with E-state index in [1.165, 1.54) is 0 Å². The Balaban J connectivity index is 1.59. The molecule has 1 amide bonds. The molecular formula is C24H31N3O3S. The Bertz CT molecular complexity index is 1020. The van der Waals surface area contributed by atoms with E-state index >= 15 is 0 Å². The normalized spacial score (nSPS) is 17.0. The Morgan fingerprint density at radius 3 is 2.52 bits per heavy atom. The fourth-order valence-corrected chi connectivity index (χ4v) is 5.92. The third-order valence-electron chi connectivity index (χ3n) is 6.24. The molecule has 2 aliphatic rings. The van der Waals surface area contributed by atoms with Crippen molar-refractivity contribution in [2.24, 2.45) is 11.8 Å². The smallest absolute Gasteiger partial charge is 0.228 e. The van der Waals surface area contributed by atoms with Crippen LogP contribution in [0.3, 0.4) is 0 Å². The molecule has 2 fully saturated rings. The minimum Gasteiger partial charge on any atom is -0.336 e. The summed E-state index contributed by atoms with van der Waals surface area (Å²) in [5.74, 6) is 0.788. The number of nitrogens with zero attached hydrogens (tertiary/aromatic N) is 3. The van der Waals surface area contributed by atoms with Gasteiger partial charge in [0.2, 0.25) is 20.9 Å². The second-order valence-corrected chi connectivity index (χ2v) is 10.7. The van der Waals surface area contributed by atoms with E-state index in [1.807, 2.05) is 23.1 Å². The molecule has 0 N–H and O–H groups in total. The highest BCUT2D eigenvalue weighted by Gasteiger charge is 2.33. The fraction of sp³-hybridized carbons (Fsp3) is 0.500. The number of aromatic nitrogens is 2. The van der Waals surface area contributed by atoms with Gasteiger partial charge in [-0.2, -0.15) is 0 Å². The van der Waals surface area contributed by atoms with E-state index < -0.39 is 9.84 Å². The van der Waals surface area contributed by atoms with Crippen molar-refractivity contribution in [2.45, 2.75) is 62.5 Å². The summed E-state index contributed by atoms with van der Waals surface area (Å²) in [6, 6.07) is 9.13. The molecule has 2 saturated carbocycles. The van der Waals surface area contributed by atoms with Crippen LogP contribution in [0.25, 0.3) is 0 Å². The molecule has 7 heteroatoms. The van der Waals surface area contributed by atoms with Gasteiger partial charge in [-0.1, -0.05) is 49.2 Å². The van der Waals surface area contributed by atoms with Crippen LogP contribution < -0.4 is 0 Å². The van der Waals surface area contributed by atoms with Gasteiger partial charge in [-0.05, 0) is 37.2 Å². The van der Waals surface area contributed by atoms with Gasteiger partial charge in [0.05, 0.1) is 24.2 Å². The molecule has 0 saturated heterocycles. The number of benzene rings is 1. The number of rotatable bonds is 10. The molecule has 0 radical (unpaired) electrons. The van der Waals surface area contributed by atoms with Gasteiger partial charge in [0.25, 0.3) is 0 Å². The highest BCUT2D eigenvalue weighted by molar-refractivity contribution is 7.90. The van der Waals surface area contributed by atoms with Crippen LogP contribution >= 0.6 is 0 Å². The molecule has 0 atom stereocenters. The van der Waals surface area contributed by atoms with Crippen LogP contribution in [-0.2, 0) is 33.5 Å². The van der Waals surface area contributed by atoms with Crippen LogP contribution in [0.15, 0.2) is 54.3 Å². The van der Waals surface area contributed by atoms with Crippen LogP contribution in [-0.4, -0.2) is 35.3 Å². The van der Waals surface area contributed by atoms with Crippen molar-refractivity contribution >= 4 is 15.7 Å². The molecule has 1 aromatic carbocycles. The van der Waals surface area contributed by atoms with Crippen molar-refractivity contribution in [3.63, 3.8) is 0 Å². The molecule has 0 aliphatic heterocycles. The van der Waals surface area contributed by atoms with Crippen molar-refractivity contribution in [1.29, 1.82) is 0 Å². The number of sulfone groups is 1. The second kappa shape index (κ2) is 9.39. The topological polar surface area (TPSA) is 72.3 Å². The number of carbonyl (C=O) groups is 1. The zero-order valence-electron chi connectivity index (χ0n) is 17.9. The average Bonchev–Trinajstić information content (AvgIpc) is 3.23. The Morgan fingerprint density at radius 2 is 1.87 bits per heavy atom. The van der Waals surface area contributed by atoms with E-state index in [0.717, 1.165) is 56.3 Å². The number of hydrogen-bond acceptors (Lipinski definition) is 4. The molecular weight excluding hydrogens is 410 g/mol. The maximum atomic E-state index is 13.2. The number of allylic oxidation sites excluding steroid dienone is 1. The third kappa shape index (κ3) is 5.26. The van der Waals surface area contributed by atoms with Crippen molar-refractivity contribution in [3.05, 3.63) is 60.4 Å². The number of amides is 1. The van der Waals surface area contributed by atoms with Gasteiger partial charge in [0.15, 0.2) is 0 Å². The van der Waals surface area contributed by atoms with Crippen molar-refractivity contribution in [2.75, 3.05) is 6.54 Å². The van der Waals surface area contributed by atoms with E-state index in [2.05, 4.69) is 11.6 Å². The first kappa shape index (κ1) is 21.8. The lowest BCUT2D eigenvalue weighted by Gasteiger charge is -2.26. The molecule has 1 aromatic heterocycles. The molecule has 2 aromatic rings. The molecule has 1 heterocycles. The minimum atomic E-state index is -3.63. The highest BCUT2D eigenvalue weighted by atomic mass is 32.2. The summed E-state index contributed by atoms with van der Waals surface area (Å²) < 4.78 is 28.0. The van der Waals surface area contributed by atoms with Gasteiger partial charge >= 0.3 is 0 Å². The van der Waals surface area contributed by atoms with Crippen LogP contribution in [0.1, 0.15) is 49.8 Å². The standard InChI is InChI=1S/C24H31N3O3S/c1-2-14-27-22(15-25-24(27)31(29,30)18-20-8-4-3-5-9-20)17-26(16-19-12-13-19)23(28)21-10-6-7-11-21/h2-5,8-9,15,19,21H,1,6-7,10-14,16-18H2. The van der Waals surface area contributed by atoms with E-state index in [1.54, 1.807) is 29.0 Å². The first-order valence-corrected chi connectivity index (χ1v) is 12.8. The summed E-state index contributed by atoms with van der Waals surface area (Å²) in [6.45, 7) is 5.28. The molecule has 166 valence electrons. The summed E-state index contributed by atoms with van der Waals surface area (Å²) in [6.07, 6.45) is 9.77. The lowest BCUT2D eigenvalue weighted by atomic mass is 10.1. The van der Waals surface area contributed by atoms with Gasteiger partial charge in [-0.25, -0.2) is 13.4 Å². The Labute approximate surface area is 184 Å². The molecule has 2 aliphatic carbocycles. The largest absolute Gasteiger partial charge is 0.336 e. The Morgan fingerprint density at radius 1 is 1.16 bits per heavy atom. The fourth-order valence-electron chi connectivity index (χ4n) is 4.42. The summed E-state index contributed by atoms with van der Waals surface area (Å²) in [7, 11) is -3.63. The van der Waals surface area contributed by atoms with Gasteiger partial charge < -0.3 is 9.47 Å². The van der Waals surface area contributed by atoms with Crippen molar-refractivity contribution in [1.82, 2.24) is 14.5 Å². The summed E-state index contributed by atoms with van der Waals surface area (Å²) in [4.78, 5) is 19.4. The Hall–Kier alpha value is -2.41. The monoisotopic (exact) mass is 441 g/mol. The van der Waals surface area contributed by atoms with Gasteiger partial charge in [-0.15, -0.1) is 6.58 Å². The molecule has 4 rings (SSSR count). The number of imidazole rings is 1. The van der Waals surface area contributed by atoms with E-state index in [4.69, 9.17) is 0 Å². The predicted octanol–water partition coefficient (Wildman–Crippen LogP) is 3.97. The van der Waals surface area contributed by atoms with Gasteiger partial charge in [0, 0.05) is 19.0 Å². The zero-order valence-corrected chi connectivity index (χ0v) is 18.8. The summed E-state index contributed by atoms with van der Waals surface area (Å²) >= 11 is 0. The molecule has 31 heavy (non-hydrogen) atoms. The third-order valence-corrected chi connectivity index (χ3v) is 7.83. The second-order valence-electron chi connectivity index (χ2n) is 8.82. The Kier molecular flexibility index (Phi) is 6.60. The maximum Gasteiger partial charge on any atom is 0.228 e. The number of hydrogen-bond donors (Lipinski definition) is 0. The first-order chi connectivity index (χ1) is 15.0. The van der Waals surface area contributed by atoms with Gasteiger partial charge in [-0.3, -0.25) is 4.79 Å². The van der Waals surface area contributed by atoms with Crippen LogP contribution in [0.4, 0.5) is 0 Å². The van der Waals surface area contributed by atoms with Crippen molar-refractivity contribution in [3.8, 4) is 0 Å². The van der Waals surface area contributed by atoms with E-state index in [0.29, 0.717) is 19.0 Å². The van der Waals surface area contributed by atoms with Crippen LogP contribution in [0.5, 0.6) is 0 Å². The number of carbonyl (C=O) groups excluding carboxylic acids is 1. The predicted molar refractivity (Wildman–Crippen MR) is 120 cm³/mol. The maximum absolute atomic E-state index is 13.2. The van der Waals surface area contributed by atoms with E-state index in [9.17, 15) is 13.2 Å². The highest BCUT2D eigenvalue weighted by Crippen LogP contribution is 2.33. The average molecular weight is 442 g/mol. The SMILES string of the molecule is C=CCn1c(CN(CC2CC2)C(=O)C2CCCC2)cnc1S(=O)(=O)Cc1ccccc1. The summed E-state index contributed by atoms with van der Waals surface area (Å²) in [5, 5.41) is 0.0472. The van der Waals surface area contributed by atoms with Gasteiger partial charge in [0.1, 0.15) is 0 Å². The zero-order chi connectivity index (χ0) is 21.8. The molecule has 0 spiro atoms. The molecule has 0 bridgehead atoms. The van der Waals surface area contributed by atoms with Crippen molar-refractivity contribution < 1.29 is 13.2 Å². The summed E-state index contributed by atoms with van der Waals surface area (Å²) in [5.41, 5.74) is 1.47. The quantitative estimate of drug-likeness (QED) is 0.523. The molecule has 6 nitrogen and oxygen atoms in total. The minimum absolute atomic E-state index is 0.0472. The lowest BCUT2D eigenvalue weighted by Crippen LogP contribution is -2.37. The molecule has 0 unspecified atom stereocenters. The first-order valence-electron chi connectivity index (χ1n) is 11.2. The van der Waals surface area contributed by atoms with Crippen LogP contribution in [0, 0.1) is 11.8 Å². The van der Waals surface area contributed by atoms with E-state index in [-0.39, 0.29) is 22.7 Å². The van der Waals surface area contributed by atoms with Crippen LogP contribution in [0.2, 0.25) is 0 Å².